The highest BCUT2D eigenvalue weighted by Crippen LogP contribution is 2.27. The Morgan fingerprint density at radius 1 is 0.667 bits per heavy atom. The number of rotatable bonds is 4. The molecule has 2 aromatic carbocycles. The zero-order chi connectivity index (χ0) is 14.4. The lowest BCUT2D eigenvalue weighted by molar-refractivity contribution is -0.223. The highest BCUT2D eigenvalue weighted by Gasteiger charge is 2.34. The van der Waals surface area contributed by atoms with E-state index in [0.717, 1.165) is 38.9 Å². The van der Waals surface area contributed by atoms with Crippen molar-refractivity contribution in [2.45, 2.75) is 31.5 Å². The lowest BCUT2D eigenvalue weighted by Crippen LogP contribution is -2.40. The van der Waals surface area contributed by atoms with Gasteiger partial charge >= 0.3 is 0 Å². The van der Waals surface area contributed by atoms with E-state index >= 15 is 0 Å². The predicted octanol–water partition coefficient (Wildman–Crippen LogP) is 4.00. The Hall–Kier alpha value is -1.64. The summed E-state index contributed by atoms with van der Waals surface area (Å²) < 4.78 is 12.4. The fourth-order valence-electron chi connectivity index (χ4n) is 2.84. The lowest BCUT2D eigenvalue weighted by atomic mass is 9.97. The van der Waals surface area contributed by atoms with Crippen LogP contribution in [0.5, 0.6) is 0 Å². The smallest absolute Gasteiger partial charge is 0.176 e. The maximum absolute atomic E-state index is 6.18. The third-order valence-electron chi connectivity index (χ3n) is 3.90. The molecule has 0 amide bonds. The van der Waals surface area contributed by atoms with Gasteiger partial charge in [-0.25, -0.2) is 0 Å². The molecular weight excluding hydrogens is 260 g/mol. The maximum Gasteiger partial charge on any atom is 0.176 e. The molecule has 2 heteroatoms. The highest BCUT2D eigenvalue weighted by atomic mass is 16.7. The Bertz CT molecular complexity index is 485. The van der Waals surface area contributed by atoms with Gasteiger partial charge in [-0.05, 0) is 24.0 Å². The van der Waals surface area contributed by atoms with Gasteiger partial charge in [-0.15, -0.1) is 0 Å². The van der Waals surface area contributed by atoms with Crippen LogP contribution in [-0.2, 0) is 22.3 Å². The highest BCUT2D eigenvalue weighted by molar-refractivity contribution is 5.20. The summed E-state index contributed by atoms with van der Waals surface area (Å²) in [4.78, 5) is 0. The van der Waals surface area contributed by atoms with Crippen LogP contribution in [0.15, 0.2) is 60.7 Å². The van der Waals surface area contributed by atoms with E-state index in [4.69, 9.17) is 9.47 Å². The standard InChI is InChI=1S/C19H22O2/c1-3-9-17(10-4-1)15-19(20-13-7-8-14-21-19)16-18-11-5-2-6-12-18/h1-6,9-12H,7-8,13-16H2. The van der Waals surface area contributed by atoms with Crippen molar-refractivity contribution in [1.29, 1.82) is 0 Å². The molecular formula is C19H22O2. The minimum Gasteiger partial charge on any atom is -0.349 e. The van der Waals surface area contributed by atoms with Crippen molar-refractivity contribution in [3.63, 3.8) is 0 Å². The van der Waals surface area contributed by atoms with E-state index in [9.17, 15) is 0 Å². The third kappa shape index (κ3) is 3.93. The third-order valence-corrected chi connectivity index (χ3v) is 3.90. The van der Waals surface area contributed by atoms with Crippen molar-refractivity contribution in [2.75, 3.05) is 13.2 Å². The van der Waals surface area contributed by atoms with E-state index in [-0.39, 0.29) is 0 Å². The van der Waals surface area contributed by atoms with Crippen molar-refractivity contribution in [2.24, 2.45) is 0 Å². The molecule has 2 aromatic rings. The predicted molar refractivity (Wildman–Crippen MR) is 84.2 cm³/mol. The van der Waals surface area contributed by atoms with Gasteiger partial charge < -0.3 is 9.47 Å². The molecule has 2 nitrogen and oxygen atoms in total. The Morgan fingerprint density at radius 2 is 1.10 bits per heavy atom. The average Bonchev–Trinajstić information content (AvgIpc) is 2.75. The molecule has 0 aromatic heterocycles. The molecule has 1 aliphatic rings. The molecule has 1 heterocycles. The molecule has 0 saturated carbocycles. The van der Waals surface area contributed by atoms with Crippen molar-refractivity contribution in [1.82, 2.24) is 0 Å². The molecule has 0 radical (unpaired) electrons. The van der Waals surface area contributed by atoms with Crippen LogP contribution in [0.2, 0.25) is 0 Å². The first-order chi connectivity index (χ1) is 10.4. The Kier molecular flexibility index (Phi) is 4.69. The van der Waals surface area contributed by atoms with Gasteiger partial charge in [-0.1, -0.05) is 60.7 Å². The Morgan fingerprint density at radius 3 is 1.52 bits per heavy atom. The second-order valence-electron chi connectivity index (χ2n) is 5.64. The van der Waals surface area contributed by atoms with Crippen molar-refractivity contribution in [3.05, 3.63) is 71.8 Å². The van der Waals surface area contributed by atoms with Crippen LogP contribution in [0, 0.1) is 0 Å². The van der Waals surface area contributed by atoms with E-state index in [2.05, 4.69) is 48.5 Å². The molecule has 1 aliphatic heterocycles. The van der Waals surface area contributed by atoms with E-state index in [1.165, 1.54) is 11.1 Å². The van der Waals surface area contributed by atoms with Gasteiger partial charge in [-0.2, -0.15) is 0 Å². The van der Waals surface area contributed by atoms with Crippen LogP contribution in [-0.4, -0.2) is 19.0 Å². The lowest BCUT2D eigenvalue weighted by Gasteiger charge is -2.33. The first-order valence-corrected chi connectivity index (χ1v) is 7.72. The number of hydrogen-bond acceptors (Lipinski definition) is 2. The topological polar surface area (TPSA) is 18.5 Å². The molecule has 0 bridgehead atoms. The second kappa shape index (κ2) is 6.88. The molecule has 0 N–H and O–H groups in total. The fraction of sp³-hybridized carbons (Fsp3) is 0.368. The Labute approximate surface area is 126 Å². The molecule has 0 unspecified atom stereocenters. The van der Waals surface area contributed by atoms with Gasteiger partial charge in [0.25, 0.3) is 0 Å². The van der Waals surface area contributed by atoms with Crippen LogP contribution >= 0.6 is 0 Å². The second-order valence-corrected chi connectivity index (χ2v) is 5.64. The van der Waals surface area contributed by atoms with Gasteiger partial charge in [0.2, 0.25) is 0 Å². The van der Waals surface area contributed by atoms with Gasteiger partial charge in [0, 0.05) is 12.8 Å². The molecule has 110 valence electrons. The fourth-order valence-corrected chi connectivity index (χ4v) is 2.84. The molecule has 1 saturated heterocycles. The zero-order valence-electron chi connectivity index (χ0n) is 12.3. The summed E-state index contributed by atoms with van der Waals surface area (Å²) in [7, 11) is 0. The minimum atomic E-state index is -0.529. The van der Waals surface area contributed by atoms with Gasteiger partial charge in [-0.3, -0.25) is 0 Å². The minimum absolute atomic E-state index is 0.529. The normalized spacial score (nSPS) is 18.1. The summed E-state index contributed by atoms with van der Waals surface area (Å²) >= 11 is 0. The van der Waals surface area contributed by atoms with Crippen LogP contribution in [0.1, 0.15) is 24.0 Å². The van der Waals surface area contributed by atoms with Crippen molar-refractivity contribution < 1.29 is 9.47 Å². The van der Waals surface area contributed by atoms with Gasteiger partial charge in [0.15, 0.2) is 5.79 Å². The van der Waals surface area contributed by atoms with Gasteiger partial charge in [0.05, 0.1) is 13.2 Å². The summed E-state index contributed by atoms with van der Waals surface area (Å²) in [5, 5.41) is 0. The summed E-state index contributed by atoms with van der Waals surface area (Å²) in [5.41, 5.74) is 2.52. The zero-order valence-corrected chi connectivity index (χ0v) is 12.3. The Balaban J connectivity index is 1.83. The number of hydrogen-bond donors (Lipinski definition) is 0. The van der Waals surface area contributed by atoms with Crippen molar-refractivity contribution >= 4 is 0 Å². The molecule has 0 aliphatic carbocycles. The summed E-state index contributed by atoms with van der Waals surface area (Å²) in [5.74, 6) is -0.529. The molecule has 3 rings (SSSR count). The first kappa shape index (κ1) is 14.3. The largest absolute Gasteiger partial charge is 0.349 e. The van der Waals surface area contributed by atoms with Crippen LogP contribution in [0.4, 0.5) is 0 Å². The molecule has 0 atom stereocenters. The van der Waals surface area contributed by atoms with E-state index < -0.39 is 5.79 Å². The van der Waals surface area contributed by atoms with Crippen LogP contribution < -0.4 is 0 Å². The summed E-state index contributed by atoms with van der Waals surface area (Å²) in [6.07, 6.45) is 3.74. The van der Waals surface area contributed by atoms with Crippen molar-refractivity contribution in [3.8, 4) is 0 Å². The number of benzene rings is 2. The monoisotopic (exact) mass is 282 g/mol. The molecule has 1 fully saturated rings. The van der Waals surface area contributed by atoms with Crippen LogP contribution in [0.3, 0.4) is 0 Å². The SMILES string of the molecule is c1ccc(CC2(Cc3ccccc3)OCCCCO2)cc1. The van der Waals surface area contributed by atoms with Crippen LogP contribution in [0.25, 0.3) is 0 Å². The first-order valence-electron chi connectivity index (χ1n) is 7.72. The van der Waals surface area contributed by atoms with E-state index in [1.54, 1.807) is 0 Å². The maximum atomic E-state index is 6.18. The number of ether oxygens (including phenoxy) is 2. The average molecular weight is 282 g/mol. The summed E-state index contributed by atoms with van der Waals surface area (Å²) in [6, 6.07) is 20.9. The molecule has 0 spiro atoms. The molecule has 21 heavy (non-hydrogen) atoms. The van der Waals surface area contributed by atoms with E-state index in [0.29, 0.717) is 0 Å². The van der Waals surface area contributed by atoms with Gasteiger partial charge in [0.1, 0.15) is 0 Å². The quantitative estimate of drug-likeness (QED) is 0.844. The summed E-state index contributed by atoms with van der Waals surface area (Å²) in [6.45, 7) is 1.55. The van der Waals surface area contributed by atoms with E-state index in [1.807, 2.05) is 12.1 Å².